The maximum atomic E-state index is 15.2. The van der Waals surface area contributed by atoms with Crippen LogP contribution in [0.2, 0.25) is 0 Å². The molecule has 5 aromatic rings. The van der Waals surface area contributed by atoms with Crippen LogP contribution in [0.5, 0.6) is 0 Å². The number of hydrogen-bond donors (Lipinski definition) is 1. The number of rotatable bonds is 3. The van der Waals surface area contributed by atoms with E-state index in [2.05, 4.69) is 33.4 Å². The SMILES string of the molecule is C=CC(=O)N1CC[C@H](n2nc(C#Cc3c(F)cc4c(ncn4C)c3F)c3c(N)ncc(-c4cscn4)c32)C1. The van der Waals surface area contributed by atoms with Gasteiger partial charge in [-0.25, -0.2) is 23.7 Å². The standard InChI is InChI=1S/C26H20F2N8OS/c1-3-21(37)35-7-6-14(10-35)36-25-16(19-11-38-13-32-19)9-30-26(29)22(25)18(33-36)5-4-15-17(27)8-20-24(23(15)28)31-12-34(20)2/h3,8-9,11-14H,1,6-7,10H2,2H3,(H2,29,30)/t14-/m0/s1. The molecule has 12 heteroatoms. The Balaban J connectivity index is 1.54. The molecule has 1 aliphatic heterocycles. The van der Waals surface area contributed by atoms with Crippen LogP contribution in [0, 0.1) is 23.5 Å². The number of aryl methyl sites for hydroxylation is 1. The number of likely N-dealkylation sites (tertiary alicyclic amines) is 1. The highest BCUT2D eigenvalue weighted by Crippen LogP contribution is 2.36. The number of carbonyl (C=O) groups excluding carboxylic acids is 1. The third-order valence-electron chi connectivity index (χ3n) is 6.68. The Morgan fingerprint density at radius 2 is 2.13 bits per heavy atom. The highest BCUT2D eigenvalue weighted by Gasteiger charge is 2.30. The molecule has 1 aromatic carbocycles. The summed E-state index contributed by atoms with van der Waals surface area (Å²) in [5.74, 6) is 3.80. The second-order valence-corrected chi connectivity index (χ2v) is 9.62. The molecule has 9 nitrogen and oxygen atoms in total. The van der Waals surface area contributed by atoms with Crippen LogP contribution < -0.4 is 5.73 Å². The Kier molecular flexibility index (Phi) is 5.65. The van der Waals surface area contributed by atoms with Gasteiger partial charge in [0.15, 0.2) is 5.82 Å². The zero-order valence-electron chi connectivity index (χ0n) is 20.2. The molecule has 190 valence electrons. The van der Waals surface area contributed by atoms with E-state index in [1.807, 2.05) is 5.38 Å². The minimum absolute atomic E-state index is 0.0264. The quantitative estimate of drug-likeness (QED) is 0.282. The van der Waals surface area contributed by atoms with Gasteiger partial charge in [-0.05, 0) is 18.4 Å². The Morgan fingerprint density at radius 1 is 1.29 bits per heavy atom. The number of carbonyl (C=O) groups is 1. The number of pyridine rings is 1. The van der Waals surface area contributed by atoms with Gasteiger partial charge < -0.3 is 15.2 Å². The van der Waals surface area contributed by atoms with Crippen LogP contribution in [-0.4, -0.2) is 53.2 Å². The Bertz CT molecular complexity index is 1810. The fourth-order valence-corrected chi connectivity index (χ4v) is 5.33. The molecule has 1 saturated heterocycles. The van der Waals surface area contributed by atoms with Gasteiger partial charge in [0.25, 0.3) is 0 Å². The Labute approximate surface area is 219 Å². The molecule has 0 aliphatic carbocycles. The molecule has 0 saturated carbocycles. The fourth-order valence-electron chi connectivity index (χ4n) is 4.78. The van der Waals surface area contributed by atoms with Crippen LogP contribution in [-0.2, 0) is 11.8 Å². The molecule has 0 bridgehead atoms. The average molecular weight is 531 g/mol. The van der Waals surface area contributed by atoms with Gasteiger partial charge in [-0.3, -0.25) is 9.48 Å². The van der Waals surface area contributed by atoms with Crippen LogP contribution in [0.4, 0.5) is 14.6 Å². The number of imidazole rings is 1. The summed E-state index contributed by atoms with van der Waals surface area (Å²) in [6.07, 6.45) is 4.96. The van der Waals surface area contributed by atoms with E-state index in [0.29, 0.717) is 47.2 Å². The van der Waals surface area contributed by atoms with E-state index < -0.39 is 17.2 Å². The van der Waals surface area contributed by atoms with Crippen molar-refractivity contribution >= 4 is 45.0 Å². The fraction of sp³-hybridized carbons (Fsp3) is 0.192. The van der Waals surface area contributed by atoms with E-state index in [9.17, 15) is 9.18 Å². The lowest BCUT2D eigenvalue weighted by Gasteiger charge is -2.16. The van der Waals surface area contributed by atoms with Crippen LogP contribution in [0.15, 0.2) is 42.1 Å². The lowest BCUT2D eigenvalue weighted by atomic mass is 10.1. The molecule has 6 rings (SSSR count). The van der Waals surface area contributed by atoms with Crippen LogP contribution in [0.1, 0.15) is 23.7 Å². The second-order valence-electron chi connectivity index (χ2n) is 8.90. The van der Waals surface area contributed by atoms with E-state index in [1.54, 1.807) is 28.3 Å². The molecular formula is C26H20F2N8OS. The molecule has 1 atom stereocenters. The molecule has 4 aromatic heterocycles. The number of nitrogen functional groups attached to an aromatic ring is 1. The van der Waals surface area contributed by atoms with E-state index in [4.69, 9.17) is 10.8 Å². The summed E-state index contributed by atoms with van der Waals surface area (Å²) in [7, 11) is 1.65. The maximum absolute atomic E-state index is 15.2. The Morgan fingerprint density at radius 3 is 2.89 bits per heavy atom. The van der Waals surface area contributed by atoms with Crippen LogP contribution in [0.3, 0.4) is 0 Å². The first-order valence-electron chi connectivity index (χ1n) is 11.6. The minimum atomic E-state index is -0.847. The summed E-state index contributed by atoms with van der Waals surface area (Å²) in [4.78, 5) is 26.7. The van der Waals surface area contributed by atoms with Gasteiger partial charge in [0.2, 0.25) is 5.91 Å². The molecular weight excluding hydrogens is 510 g/mol. The summed E-state index contributed by atoms with van der Waals surface area (Å²) in [5.41, 5.74) is 10.2. The summed E-state index contributed by atoms with van der Waals surface area (Å²) in [5, 5.41) is 7.07. The number of aromatic nitrogens is 6. The lowest BCUT2D eigenvalue weighted by molar-refractivity contribution is -0.125. The Hall–Kier alpha value is -4.63. The van der Waals surface area contributed by atoms with Crippen molar-refractivity contribution in [3.05, 3.63) is 65.0 Å². The smallest absolute Gasteiger partial charge is 0.246 e. The van der Waals surface area contributed by atoms with E-state index in [0.717, 1.165) is 0 Å². The first kappa shape index (κ1) is 23.7. The zero-order valence-corrected chi connectivity index (χ0v) is 21.0. The molecule has 0 spiro atoms. The van der Waals surface area contributed by atoms with Crippen LogP contribution >= 0.6 is 11.3 Å². The third kappa shape index (κ3) is 3.71. The summed E-state index contributed by atoms with van der Waals surface area (Å²) < 4.78 is 33.4. The van der Waals surface area contributed by atoms with Crippen molar-refractivity contribution in [2.24, 2.45) is 7.05 Å². The molecule has 0 radical (unpaired) electrons. The summed E-state index contributed by atoms with van der Waals surface area (Å²) >= 11 is 1.43. The van der Waals surface area contributed by atoms with Gasteiger partial charge in [0, 0.05) is 43.3 Å². The predicted octanol–water partition coefficient (Wildman–Crippen LogP) is 3.66. The van der Waals surface area contributed by atoms with Crippen molar-refractivity contribution in [3.63, 3.8) is 0 Å². The maximum Gasteiger partial charge on any atom is 0.246 e. The van der Waals surface area contributed by atoms with Gasteiger partial charge in [0.05, 0.1) is 45.6 Å². The minimum Gasteiger partial charge on any atom is -0.383 e. The molecule has 1 fully saturated rings. The number of fused-ring (bicyclic) bond motifs is 2. The van der Waals surface area contributed by atoms with Crippen molar-refractivity contribution in [2.75, 3.05) is 18.8 Å². The number of hydrogen-bond acceptors (Lipinski definition) is 7. The molecule has 2 N–H and O–H groups in total. The van der Waals surface area contributed by atoms with Gasteiger partial charge in [-0.2, -0.15) is 5.10 Å². The largest absolute Gasteiger partial charge is 0.383 e. The van der Waals surface area contributed by atoms with Gasteiger partial charge in [-0.15, -0.1) is 11.3 Å². The summed E-state index contributed by atoms with van der Waals surface area (Å²) in [6, 6.07) is 1.01. The second kappa shape index (κ2) is 9.04. The lowest BCUT2D eigenvalue weighted by Crippen LogP contribution is -2.27. The monoisotopic (exact) mass is 530 g/mol. The molecule has 5 heterocycles. The predicted molar refractivity (Wildman–Crippen MR) is 140 cm³/mol. The first-order chi connectivity index (χ1) is 18.4. The number of amides is 1. The van der Waals surface area contributed by atoms with Crippen LogP contribution in [0.25, 0.3) is 33.2 Å². The summed E-state index contributed by atoms with van der Waals surface area (Å²) in [6.45, 7) is 4.52. The number of anilines is 1. The molecule has 0 unspecified atom stereocenters. The third-order valence-corrected chi connectivity index (χ3v) is 7.26. The molecule has 1 amide bonds. The number of nitrogens with two attached hydrogens (primary N) is 1. The molecule has 38 heavy (non-hydrogen) atoms. The number of nitrogens with zero attached hydrogens (tertiary/aromatic N) is 7. The van der Waals surface area contributed by atoms with Crippen molar-refractivity contribution in [3.8, 4) is 23.1 Å². The highest BCUT2D eigenvalue weighted by molar-refractivity contribution is 7.07. The van der Waals surface area contributed by atoms with E-state index >= 15 is 4.39 Å². The average Bonchev–Trinajstić information content (AvgIpc) is 3.71. The van der Waals surface area contributed by atoms with Crippen molar-refractivity contribution in [2.45, 2.75) is 12.5 Å². The molecule has 1 aliphatic rings. The van der Waals surface area contributed by atoms with E-state index in [-0.39, 0.29) is 29.0 Å². The zero-order chi connectivity index (χ0) is 26.6. The van der Waals surface area contributed by atoms with Crippen molar-refractivity contribution in [1.29, 1.82) is 0 Å². The normalized spacial score (nSPS) is 15.2. The highest BCUT2D eigenvalue weighted by atomic mass is 32.1. The van der Waals surface area contributed by atoms with Gasteiger partial charge >= 0.3 is 0 Å². The van der Waals surface area contributed by atoms with E-state index in [1.165, 1.54) is 34.4 Å². The van der Waals surface area contributed by atoms with Crippen molar-refractivity contribution < 1.29 is 13.6 Å². The number of benzene rings is 1. The van der Waals surface area contributed by atoms with Gasteiger partial charge in [-0.1, -0.05) is 12.5 Å². The topological polar surface area (TPSA) is 108 Å². The number of halogens is 2. The first-order valence-corrected chi connectivity index (χ1v) is 12.6. The van der Waals surface area contributed by atoms with Gasteiger partial charge in [0.1, 0.15) is 22.8 Å². The van der Waals surface area contributed by atoms with Crippen molar-refractivity contribution in [1.82, 2.24) is 34.2 Å². The number of thiazole rings is 1.